The minimum absolute atomic E-state index is 0.0308. The van der Waals surface area contributed by atoms with Gasteiger partial charge in [-0.1, -0.05) is 37.3 Å². The fourth-order valence-electron chi connectivity index (χ4n) is 2.38. The molecule has 0 unspecified atom stereocenters. The van der Waals surface area contributed by atoms with Crippen LogP contribution in [0.1, 0.15) is 18.4 Å². The number of nitrogens with two attached hydrogens (primary N) is 2. The molecule has 2 rings (SSSR count). The molecule has 0 fully saturated rings. The quantitative estimate of drug-likeness (QED) is 0.848. The monoisotopic (exact) mass is 266 g/mol. The first-order chi connectivity index (χ1) is 9.60. The zero-order chi connectivity index (χ0) is 14.7. The maximum absolute atomic E-state index is 9.29. The van der Waals surface area contributed by atoms with Crippen molar-refractivity contribution in [2.45, 2.75) is 12.8 Å². The highest BCUT2D eigenvalue weighted by Crippen LogP contribution is 2.39. The number of nitrogens with zero attached hydrogens (tertiary/aromatic N) is 2. The third-order valence-corrected chi connectivity index (χ3v) is 3.44. The summed E-state index contributed by atoms with van der Waals surface area (Å²) >= 11 is 0. The van der Waals surface area contributed by atoms with Crippen molar-refractivity contribution in [2.24, 2.45) is 17.4 Å². The van der Waals surface area contributed by atoms with E-state index in [2.05, 4.69) is 0 Å². The van der Waals surface area contributed by atoms with Gasteiger partial charge < -0.3 is 16.2 Å². The second-order valence-electron chi connectivity index (χ2n) is 4.56. The molecular formula is C15H14N4O. The van der Waals surface area contributed by atoms with Crippen LogP contribution in [0.3, 0.4) is 0 Å². The zero-order valence-electron chi connectivity index (χ0n) is 11.0. The third kappa shape index (κ3) is 2.17. The molecule has 0 aliphatic carbocycles. The van der Waals surface area contributed by atoms with Crippen LogP contribution in [0.4, 0.5) is 0 Å². The molecule has 0 aromatic heterocycles. The first-order valence-electron chi connectivity index (χ1n) is 6.12. The number of benzene rings is 1. The van der Waals surface area contributed by atoms with Crippen LogP contribution in [0.15, 0.2) is 53.2 Å². The summed E-state index contributed by atoms with van der Waals surface area (Å²) in [5.74, 6) is -0.656. The predicted molar refractivity (Wildman–Crippen MR) is 73.1 cm³/mol. The van der Waals surface area contributed by atoms with Gasteiger partial charge in [0.05, 0.1) is 11.1 Å². The largest absolute Gasteiger partial charge is 0.424 e. The number of ether oxygens (including phenoxy) is 1. The first-order valence-corrected chi connectivity index (χ1v) is 6.12. The minimum Gasteiger partial charge on any atom is -0.424 e. The summed E-state index contributed by atoms with van der Waals surface area (Å²) in [4.78, 5) is 0. The molecule has 20 heavy (non-hydrogen) atoms. The molecule has 0 radical (unpaired) electrons. The Kier molecular flexibility index (Phi) is 3.63. The molecule has 5 heteroatoms. The Labute approximate surface area is 117 Å². The van der Waals surface area contributed by atoms with E-state index in [4.69, 9.17) is 16.2 Å². The summed E-state index contributed by atoms with van der Waals surface area (Å²) in [6.07, 6.45) is 0. The van der Waals surface area contributed by atoms with Crippen molar-refractivity contribution in [3.63, 3.8) is 0 Å². The molecule has 100 valence electrons. The summed E-state index contributed by atoms with van der Waals surface area (Å²) < 4.78 is 5.08. The molecule has 4 N–H and O–H groups in total. The summed E-state index contributed by atoms with van der Waals surface area (Å²) in [6, 6.07) is 13.7. The number of nitriles is 2. The normalized spacial score (nSPS) is 17.1. The highest BCUT2D eigenvalue weighted by Gasteiger charge is 2.35. The molecular weight excluding hydrogens is 252 g/mol. The Morgan fingerprint density at radius 2 is 1.55 bits per heavy atom. The van der Waals surface area contributed by atoms with Crippen LogP contribution in [-0.4, -0.2) is 0 Å². The van der Waals surface area contributed by atoms with E-state index in [1.807, 2.05) is 49.4 Å². The van der Waals surface area contributed by atoms with Crippen molar-refractivity contribution >= 4 is 0 Å². The zero-order valence-corrected chi connectivity index (χ0v) is 11.0. The SMILES string of the molecule is C[C@@H](c1ccccc1)C1C(C#N)=C(N)OC(N)=C1C#N. The standard InChI is InChI=1S/C15H14N4O/c1-9(10-5-3-2-4-6-10)13-11(7-16)14(18)20-15(19)12(13)8-17/h2-6,9,13H,18-19H2,1H3/t9-/m0/s1. The molecule has 0 amide bonds. The number of hydrogen-bond acceptors (Lipinski definition) is 5. The summed E-state index contributed by atoms with van der Waals surface area (Å²) in [5, 5.41) is 18.6. The lowest BCUT2D eigenvalue weighted by Gasteiger charge is -2.28. The van der Waals surface area contributed by atoms with Crippen LogP contribution in [-0.2, 0) is 4.74 Å². The van der Waals surface area contributed by atoms with E-state index in [0.29, 0.717) is 0 Å². The van der Waals surface area contributed by atoms with Crippen LogP contribution in [0.25, 0.3) is 0 Å². The topological polar surface area (TPSA) is 109 Å². The van der Waals surface area contributed by atoms with Gasteiger partial charge in [0.1, 0.15) is 12.1 Å². The maximum atomic E-state index is 9.29. The van der Waals surface area contributed by atoms with Gasteiger partial charge >= 0.3 is 0 Å². The fourth-order valence-corrected chi connectivity index (χ4v) is 2.38. The van der Waals surface area contributed by atoms with Crippen molar-refractivity contribution in [2.75, 3.05) is 0 Å². The van der Waals surface area contributed by atoms with Crippen molar-refractivity contribution in [3.05, 3.63) is 58.8 Å². The second-order valence-corrected chi connectivity index (χ2v) is 4.56. The van der Waals surface area contributed by atoms with Crippen LogP contribution in [0, 0.1) is 28.6 Å². The van der Waals surface area contributed by atoms with Crippen LogP contribution in [0.5, 0.6) is 0 Å². The van der Waals surface area contributed by atoms with Crippen LogP contribution >= 0.6 is 0 Å². The third-order valence-electron chi connectivity index (χ3n) is 3.44. The van der Waals surface area contributed by atoms with E-state index in [1.54, 1.807) is 0 Å². The van der Waals surface area contributed by atoms with E-state index in [-0.39, 0.29) is 28.8 Å². The lowest BCUT2D eigenvalue weighted by atomic mass is 9.77. The molecule has 0 bridgehead atoms. The van der Waals surface area contributed by atoms with Crippen LogP contribution < -0.4 is 11.5 Å². The highest BCUT2D eigenvalue weighted by molar-refractivity contribution is 5.46. The van der Waals surface area contributed by atoms with Gasteiger partial charge in [0.15, 0.2) is 0 Å². The smallest absolute Gasteiger partial charge is 0.207 e. The van der Waals surface area contributed by atoms with Crippen LogP contribution in [0.2, 0.25) is 0 Å². The average molecular weight is 266 g/mol. The second kappa shape index (κ2) is 5.38. The lowest BCUT2D eigenvalue weighted by molar-refractivity contribution is 0.266. The Balaban J connectivity index is 2.53. The molecule has 0 spiro atoms. The van der Waals surface area contributed by atoms with E-state index in [9.17, 15) is 10.5 Å². The average Bonchev–Trinajstić information content (AvgIpc) is 2.46. The van der Waals surface area contributed by atoms with Crippen molar-refractivity contribution < 1.29 is 4.74 Å². The molecule has 0 saturated heterocycles. The number of rotatable bonds is 2. The summed E-state index contributed by atoms with van der Waals surface area (Å²) in [5.41, 5.74) is 12.9. The van der Waals surface area contributed by atoms with Crippen molar-refractivity contribution in [1.29, 1.82) is 10.5 Å². The maximum Gasteiger partial charge on any atom is 0.207 e. The molecule has 0 saturated carbocycles. The number of allylic oxidation sites excluding steroid dienone is 2. The van der Waals surface area contributed by atoms with E-state index < -0.39 is 5.92 Å². The Morgan fingerprint density at radius 1 is 1.05 bits per heavy atom. The van der Waals surface area contributed by atoms with Crippen molar-refractivity contribution in [1.82, 2.24) is 0 Å². The summed E-state index contributed by atoms with van der Waals surface area (Å²) in [7, 11) is 0. The molecule has 1 heterocycles. The van der Waals surface area contributed by atoms with Gasteiger partial charge in [-0.05, 0) is 11.5 Å². The minimum atomic E-state index is -0.485. The Bertz CT molecular complexity index is 625. The molecule has 5 nitrogen and oxygen atoms in total. The van der Waals surface area contributed by atoms with E-state index in [1.165, 1.54) is 0 Å². The van der Waals surface area contributed by atoms with Gasteiger partial charge in [-0.3, -0.25) is 0 Å². The van der Waals surface area contributed by atoms with Gasteiger partial charge in [0, 0.05) is 5.92 Å². The lowest BCUT2D eigenvalue weighted by Crippen LogP contribution is -2.27. The van der Waals surface area contributed by atoms with E-state index in [0.717, 1.165) is 5.56 Å². The van der Waals surface area contributed by atoms with E-state index >= 15 is 0 Å². The molecule has 1 atom stereocenters. The highest BCUT2D eigenvalue weighted by atomic mass is 16.5. The van der Waals surface area contributed by atoms with Crippen molar-refractivity contribution in [3.8, 4) is 12.1 Å². The Morgan fingerprint density at radius 3 is 2.00 bits per heavy atom. The Hall–Kier alpha value is -2.92. The molecule has 1 aromatic carbocycles. The molecule has 1 aliphatic rings. The van der Waals surface area contributed by atoms with Gasteiger partial charge in [0.2, 0.25) is 11.8 Å². The number of hydrogen-bond donors (Lipinski definition) is 2. The van der Waals surface area contributed by atoms with Gasteiger partial charge in [-0.25, -0.2) is 0 Å². The molecule has 1 aliphatic heterocycles. The predicted octanol–water partition coefficient (Wildman–Crippen LogP) is 1.82. The first kappa shape index (κ1) is 13.5. The van der Waals surface area contributed by atoms with Gasteiger partial charge in [0.25, 0.3) is 0 Å². The summed E-state index contributed by atoms with van der Waals surface area (Å²) in [6.45, 7) is 1.93. The fraction of sp³-hybridized carbons (Fsp3) is 0.200. The van der Waals surface area contributed by atoms with Gasteiger partial charge in [-0.2, -0.15) is 10.5 Å². The van der Waals surface area contributed by atoms with Gasteiger partial charge in [-0.15, -0.1) is 0 Å². The molecule has 1 aromatic rings.